The molecule has 1 aliphatic carbocycles. The van der Waals surface area contributed by atoms with Gasteiger partial charge in [-0.05, 0) is 42.5 Å². The number of nitrogens with one attached hydrogen (secondary N) is 3. The van der Waals surface area contributed by atoms with E-state index in [0.29, 0.717) is 12.1 Å². The van der Waals surface area contributed by atoms with Crippen LogP contribution in [0.25, 0.3) is 0 Å². The van der Waals surface area contributed by atoms with Crippen molar-refractivity contribution in [1.82, 2.24) is 19.8 Å². The lowest BCUT2D eigenvalue weighted by Gasteiger charge is -2.45. The van der Waals surface area contributed by atoms with Gasteiger partial charge < -0.3 is 15.2 Å². The lowest BCUT2D eigenvalue weighted by atomic mass is 9.77. The number of anilines is 1. The number of hydrogen-bond acceptors (Lipinski definition) is 7. The number of amides is 1. The third-order valence-corrected chi connectivity index (χ3v) is 7.06. The van der Waals surface area contributed by atoms with Gasteiger partial charge in [-0.2, -0.15) is 4.98 Å². The Morgan fingerprint density at radius 1 is 1.43 bits per heavy atom. The Hall–Kier alpha value is -2.95. The van der Waals surface area contributed by atoms with Crippen LogP contribution in [0.15, 0.2) is 22.7 Å². The fourth-order valence-corrected chi connectivity index (χ4v) is 5.29. The van der Waals surface area contributed by atoms with Gasteiger partial charge in [0.15, 0.2) is 0 Å². The first kappa shape index (κ1) is 18.4. The number of aromatic nitrogens is 2. The fourth-order valence-electron chi connectivity index (χ4n) is 3.78. The van der Waals surface area contributed by atoms with E-state index in [1.807, 2.05) is 6.07 Å². The van der Waals surface area contributed by atoms with Gasteiger partial charge in [-0.25, -0.2) is 12.7 Å². The molecule has 2 aliphatic rings. The molecule has 0 radical (unpaired) electrons. The Kier molecular flexibility index (Phi) is 4.14. The van der Waals surface area contributed by atoms with Crippen molar-refractivity contribution in [3.05, 3.63) is 41.0 Å². The van der Waals surface area contributed by atoms with Crippen molar-refractivity contribution in [3.63, 3.8) is 0 Å². The highest BCUT2D eigenvalue weighted by atomic mass is 32.2. The standard InChI is InChI=1S/C17H20N6O4S/c1-10-19-14(22-27-10)15(24)20-12-6-5-11-4-3-7-17(13(11)8-12)9-28(25,26)23(2)16(18)21-17/h5-6,8H,3-4,7,9H2,1-2H3,(H2,18,21)(H,20,24)/t17-/m0/s1. The summed E-state index contributed by atoms with van der Waals surface area (Å²) < 4.78 is 30.9. The molecule has 2 aromatic rings. The minimum atomic E-state index is -3.61. The number of benzene rings is 1. The summed E-state index contributed by atoms with van der Waals surface area (Å²) in [5, 5.41) is 17.5. The first-order chi connectivity index (χ1) is 13.2. The molecule has 1 aromatic carbocycles. The van der Waals surface area contributed by atoms with E-state index in [0.717, 1.165) is 28.3 Å². The van der Waals surface area contributed by atoms with E-state index in [9.17, 15) is 13.2 Å². The van der Waals surface area contributed by atoms with Crippen LogP contribution in [0.5, 0.6) is 0 Å². The van der Waals surface area contributed by atoms with Gasteiger partial charge in [0.05, 0.1) is 11.3 Å². The lowest BCUT2D eigenvalue weighted by Crippen LogP contribution is -2.63. The quantitative estimate of drug-likeness (QED) is 0.677. The summed E-state index contributed by atoms with van der Waals surface area (Å²) in [6.07, 6.45) is 2.19. The molecule has 1 spiro atoms. The highest BCUT2D eigenvalue weighted by Crippen LogP contribution is 2.40. The van der Waals surface area contributed by atoms with Crippen LogP contribution in [0.1, 0.15) is 40.5 Å². The number of sulfonamides is 1. The molecule has 4 rings (SSSR count). The summed E-state index contributed by atoms with van der Waals surface area (Å²) >= 11 is 0. The third-order valence-electron chi connectivity index (χ3n) is 5.18. The Morgan fingerprint density at radius 3 is 2.89 bits per heavy atom. The number of aryl methyl sites for hydroxylation is 2. The van der Waals surface area contributed by atoms with E-state index in [-0.39, 0.29) is 23.4 Å². The fraction of sp³-hybridized carbons (Fsp3) is 0.412. The minimum absolute atomic E-state index is 0.0771. The van der Waals surface area contributed by atoms with E-state index in [1.165, 1.54) is 7.05 Å². The van der Waals surface area contributed by atoms with Crippen LogP contribution in [0.4, 0.5) is 5.69 Å². The largest absolute Gasteiger partial charge is 0.345 e. The second-order valence-corrected chi connectivity index (χ2v) is 9.10. The molecule has 0 unspecified atom stereocenters. The number of carbonyl (C=O) groups is 1. The second kappa shape index (κ2) is 6.30. The molecular formula is C17H20N6O4S. The molecule has 1 atom stereocenters. The highest BCUT2D eigenvalue weighted by molar-refractivity contribution is 7.89. The molecule has 148 valence electrons. The number of fused-ring (bicyclic) bond motifs is 2. The summed E-state index contributed by atoms with van der Waals surface area (Å²) in [6.45, 7) is 1.59. The summed E-state index contributed by atoms with van der Waals surface area (Å²) in [5.74, 6) is -0.609. The van der Waals surface area contributed by atoms with Crippen molar-refractivity contribution in [2.75, 3.05) is 18.1 Å². The van der Waals surface area contributed by atoms with Gasteiger partial charge >= 0.3 is 0 Å². The van der Waals surface area contributed by atoms with Crippen molar-refractivity contribution in [2.45, 2.75) is 31.7 Å². The van der Waals surface area contributed by atoms with Gasteiger partial charge in [0.25, 0.3) is 11.7 Å². The van der Waals surface area contributed by atoms with Crippen LogP contribution in [0.2, 0.25) is 0 Å². The smallest absolute Gasteiger partial charge is 0.297 e. The average Bonchev–Trinajstić information content (AvgIpc) is 3.07. The molecule has 0 saturated carbocycles. The van der Waals surface area contributed by atoms with Crippen molar-refractivity contribution in [1.29, 1.82) is 5.41 Å². The maximum Gasteiger partial charge on any atom is 0.297 e. The highest BCUT2D eigenvalue weighted by Gasteiger charge is 2.47. The number of rotatable bonds is 2. The molecule has 10 nitrogen and oxygen atoms in total. The van der Waals surface area contributed by atoms with E-state index in [4.69, 9.17) is 9.93 Å². The van der Waals surface area contributed by atoms with Gasteiger partial charge in [-0.15, -0.1) is 0 Å². The number of carbonyl (C=O) groups excluding carboxylic acids is 1. The molecule has 1 saturated heterocycles. The van der Waals surface area contributed by atoms with Crippen molar-refractivity contribution < 1.29 is 17.7 Å². The molecule has 2 heterocycles. The van der Waals surface area contributed by atoms with Crippen LogP contribution in [0, 0.1) is 12.3 Å². The molecule has 0 bridgehead atoms. The number of guanidine groups is 1. The topological polar surface area (TPSA) is 141 Å². The molecule has 1 fully saturated rings. The number of hydrogen-bond donors (Lipinski definition) is 3. The Labute approximate surface area is 161 Å². The van der Waals surface area contributed by atoms with E-state index < -0.39 is 21.5 Å². The first-order valence-electron chi connectivity index (χ1n) is 8.79. The summed E-state index contributed by atoms with van der Waals surface area (Å²) in [5.41, 5.74) is 1.39. The van der Waals surface area contributed by atoms with Gasteiger partial charge in [-0.3, -0.25) is 10.2 Å². The van der Waals surface area contributed by atoms with Gasteiger partial charge in [-0.1, -0.05) is 11.2 Å². The Balaban J connectivity index is 1.70. The predicted octanol–water partition coefficient (Wildman–Crippen LogP) is 0.961. The molecule has 1 aromatic heterocycles. The monoisotopic (exact) mass is 404 g/mol. The average molecular weight is 404 g/mol. The second-order valence-electron chi connectivity index (χ2n) is 7.10. The molecular weight excluding hydrogens is 384 g/mol. The summed E-state index contributed by atoms with van der Waals surface area (Å²) in [7, 11) is -2.25. The summed E-state index contributed by atoms with van der Waals surface area (Å²) in [4.78, 5) is 16.2. The molecule has 11 heteroatoms. The molecule has 3 N–H and O–H groups in total. The van der Waals surface area contributed by atoms with Crippen molar-refractivity contribution in [2.24, 2.45) is 0 Å². The van der Waals surface area contributed by atoms with Crippen LogP contribution < -0.4 is 10.6 Å². The zero-order valence-corrected chi connectivity index (χ0v) is 16.3. The number of nitrogens with zero attached hydrogens (tertiary/aromatic N) is 3. The SMILES string of the molecule is Cc1nc(C(=O)Nc2ccc3c(c2)[C@]2(CCC3)CS(=O)(=O)N(C)C(=N)N2)no1. The lowest BCUT2D eigenvalue weighted by molar-refractivity contribution is 0.101. The Morgan fingerprint density at radius 2 is 2.21 bits per heavy atom. The first-order valence-corrected chi connectivity index (χ1v) is 10.4. The normalized spacial score (nSPS) is 23.2. The zero-order chi connectivity index (χ0) is 20.1. The maximum absolute atomic E-state index is 12.6. The third kappa shape index (κ3) is 3.01. The minimum Gasteiger partial charge on any atom is -0.345 e. The van der Waals surface area contributed by atoms with E-state index >= 15 is 0 Å². The van der Waals surface area contributed by atoms with Crippen LogP contribution in [-0.4, -0.2) is 47.5 Å². The van der Waals surface area contributed by atoms with Crippen molar-refractivity contribution in [3.8, 4) is 0 Å². The van der Waals surface area contributed by atoms with Crippen LogP contribution in [0.3, 0.4) is 0 Å². The van der Waals surface area contributed by atoms with Gasteiger partial charge in [0, 0.05) is 19.7 Å². The molecule has 1 aliphatic heterocycles. The van der Waals surface area contributed by atoms with E-state index in [2.05, 4.69) is 20.8 Å². The molecule has 1 amide bonds. The Bertz CT molecular complexity index is 1080. The molecule has 28 heavy (non-hydrogen) atoms. The summed E-state index contributed by atoms with van der Waals surface area (Å²) in [6, 6.07) is 5.40. The van der Waals surface area contributed by atoms with Crippen LogP contribution >= 0.6 is 0 Å². The maximum atomic E-state index is 12.6. The van der Waals surface area contributed by atoms with Crippen LogP contribution in [-0.2, 0) is 22.0 Å². The van der Waals surface area contributed by atoms with Gasteiger partial charge in [0.1, 0.15) is 0 Å². The van der Waals surface area contributed by atoms with Crippen molar-refractivity contribution >= 4 is 27.6 Å². The zero-order valence-electron chi connectivity index (χ0n) is 15.4. The van der Waals surface area contributed by atoms with Gasteiger partial charge in [0.2, 0.25) is 21.9 Å². The predicted molar refractivity (Wildman–Crippen MR) is 100 cm³/mol. The van der Waals surface area contributed by atoms with E-state index in [1.54, 1.807) is 19.1 Å².